The van der Waals surface area contributed by atoms with Crippen LogP contribution in [-0.4, -0.2) is 23.9 Å². The second kappa shape index (κ2) is 8.80. The normalized spacial score (nSPS) is 10.9. The van der Waals surface area contributed by atoms with Crippen LogP contribution in [0.15, 0.2) is 36.0 Å². The summed E-state index contributed by atoms with van der Waals surface area (Å²) in [7, 11) is 0. The number of para-hydroxylation sites is 1. The summed E-state index contributed by atoms with van der Waals surface area (Å²) in [6, 6.07) is 9.52. The molecular formula is C17H23N3O. The van der Waals surface area contributed by atoms with E-state index in [2.05, 4.69) is 19.2 Å². The summed E-state index contributed by atoms with van der Waals surface area (Å²) in [5.74, 6) is -0.357. The lowest BCUT2D eigenvalue weighted by Gasteiger charge is -2.19. The Morgan fingerprint density at radius 3 is 2.43 bits per heavy atom. The highest BCUT2D eigenvalue weighted by Crippen LogP contribution is 2.14. The van der Waals surface area contributed by atoms with Gasteiger partial charge in [0, 0.05) is 25.0 Å². The number of carbonyl (C=O) groups is 1. The van der Waals surface area contributed by atoms with Crippen molar-refractivity contribution in [1.29, 1.82) is 5.26 Å². The van der Waals surface area contributed by atoms with Gasteiger partial charge >= 0.3 is 0 Å². The molecule has 21 heavy (non-hydrogen) atoms. The van der Waals surface area contributed by atoms with Gasteiger partial charge in [-0.3, -0.25) is 4.79 Å². The van der Waals surface area contributed by atoms with Gasteiger partial charge in [-0.2, -0.15) is 5.26 Å². The van der Waals surface area contributed by atoms with E-state index in [0.717, 1.165) is 37.2 Å². The summed E-state index contributed by atoms with van der Waals surface area (Å²) in [4.78, 5) is 14.2. The molecule has 0 spiro atoms. The van der Waals surface area contributed by atoms with E-state index in [1.54, 1.807) is 6.20 Å². The molecule has 0 aliphatic heterocycles. The number of rotatable bonds is 7. The molecule has 1 aromatic carbocycles. The summed E-state index contributed by atoms with van der Waals surface area (Å²) in [5.41, 5.74) is 1.85. The Kier molecular flexibility index (Phi) is 7.03. The highest BCUT2D eigenvalue weighted by atomic mass is 16.1. The maximum atomic E-state index is 12.2. The first kappa shape index (κ1) is 16.8. The van der Waals surface area contributed by atoms with E-state index in [1.165, 1.54) is 0 Å². The number of amides is 1. The van der Waals surface area contributed by atoms with Crippen molar-refractivity contribution in [2.45, 2.75) is 33.6 Å². The minimum Gasteiger partial charge on any atom is -0.376 e. The SMILES string of the molecule is CCCN(/C=C(/C#N)C(=O)Nc1ccccc1C)CCC. The van der Waals surface area contributed by atoms with Crippen LogP contribution in [0.3, 0.4) is 0 Å². The number of benzene rings is 1. The van der Waals surface area contributed by atoms with Crippen LogP contribution >= 0.6 is 0 Å². The quantitative estimate of drug-likeness (QED) is 0.616. The molecule has 0 radical (unpaired) electrons. The van der Waals surface area contributed by atoms with Crippen molar-refractivity contribution < 1.29 is 4.79 Å². The predicted octanol–water partition coefficient (Wildman–Crippen LogP) is 3.46. The fourth-order valence-corrected chi connectivity index (χ4v) is 2.04. The first-order valence-corrected chi connectivity index (χ1v) is 7.35. The Balaban J connectivity index is 2.86. The van der Waals surface area contributed by atoms with Crippen molar-refractivity contribution in [2.75, 3.05) is 18.4 Å². The fourth-order valence-electron chi connectivity index (χ4n) is 2.04. The lowest BCUT2D eigenvalue weighted by molar-refractivity contribution is -0.112. The second-order valence-corrected chi connectivity index (χ2v) is 4.96. The van der Waals surface area contributed by atoms with Gasteiger partial charge in [0.15, 0.2) is 0 Å². The predicted molar refractivity (Wildman–Crippen MR) is 85.7 cm³/mol. The molecule has 1 N–H and O–H groups in total. The van der Waals surface area contributed by atoms with E-state index in [1.807, 2.05) is 42.2 Å². The average Bonchev–Trinajstić information content (AvgIpc) is 2.47. The number of nitrogens with zero attached hydrogens (tertiary/aromatic N) is 2. The van der Waals surface area contributed by atoms with Gasteiger partial charge in [-0.25, -0.2) is 0 Å². The topological polar surface area (TPSA) is 56.1 Å². The third kappa shape index (κ3) is 5.31. The molecule has 4 nitrogen and oxygen atoms in total. The van der Waals surface area contributed by atoms with Gasteiger partial charge in [0.1, 0.15) is 11.6 Å². The van der Waals surface area contributed by atoms with Crippen molar-refractivity contribution in [3.63, 3.8) is 0 Å². The molecule has 1 aromatic rings. The number of nitrogens with one attached hydrogen (secondary N) is 1. The summed E-state index contributed by atoms with van der Waals surface area (Å²) in [6.45, 7) is 7.77. The van der Waals surface area contributed by atoms with Crippen LogP contribution in [-0.2, 0) is 4.79 Å². The number of aryl methyl sites for hydroxylation is 1. The molecule has 1 rings (SSSR count). The van der Waals surface area contributed by atoms with Crippen LogP contribution in [0, 0.1) is 18.3 Å². The summed E-state index contributed by atoms with van der Waals surface area (Å²) in [5, 5.41) is 12.0. The summed E-state index contributed by atoms with van der Waals surface area (Å²) < 4.78 is 0. The molecule has 0 aliphatic rings. The monoisotopic (exact) mass is 285 g/mol. The zero-order valence-electron chi connectivity index (χ0n) is 13.0. The summed E-state index contributed by atoms with van der Waals surface area (Å²) >= 11 is 0. The van der Waals surface area contributed by atoms with Crippen LogP contribution in [0.1, 0.15) is 32.3 Å². The van der Waals surface area contributed by atoms with Crippen molar-refractivity contribution in [3.05, 3.63) is 41.6 Å². The Hall–Kier alpha value is -2.28. The van der Waals surface area contributed by atoms with Crippen molar-refractivity contribution >= 4 is 11.6 Å². The maximum Gasteiger partial charge on any atom is 0.267 e. The van der Waals surface area contributed by atoms with Gasteiger partial charge in [0.05, 0.1) is 0 Å². The Bertz CT molecular complexity index is 537. The zero-order valence-corrected chi connectivity index (χ0v) is 13.0. The molecule has 0 heterocycles. The lowest BCUT2D eigenvalue weighted by atomic mass is 10.2. The van der Waals surface area contributed by atoms with E-state index < -0.39 is 0 Å². The molecule has 0 saturated carbocycles. The number of nitriles is 1. The molecule has 0 aromatic heterocycles. The molecule has 4 heteroatoms. The smallest absolute Gasteiger partial charge is 0.267 e. The molecule has 112 valence electrons. The molecule has 0 fully saturated rings. The first-order chi connectivity index (χ1) is 10.1. The third-order valence-corrected chi connectivity index (χ3v) is 3.09. The molecule has 0 aliphatic carbocycles. The van der Waals surface area contributed by atoms with Gasteiger partial charge in [-0.15, -0.1) is 0 Å². The van der Waals surface area contributed by atoms with E-state index in [9.17, 15) is 10.1 Å². The average molecular weight is 285 g/mol. The Labute approximate surface area is 127 Å². The highest BCUT2D eigenvalue weighted by Gasteiger charge is 2.12. The molecule has 0 unspecified atom stereocenters. The van der Waals surface area contributed by atoms with Crippen LogP contribution in [0.2, 0.25) is 0 Å². The standard InChI is InChI=1S/C17H23N3O/c1-4-10-20(11-5-2)13-15(12-18)17(21)19-16-9-7-6-8-14(16)3/h6-9,13H,4-5,10-11H2,1-3H3,(H,19,21)/b15-13-. The van der Waals surface area contributed by atoms with Crippen LogP contribution in [0.25, 0.3) is 0 Å². The third-order valence-electron chi connectivity index (χ3n) is 3.09. The van der Waals surface area contributed by atoms with Gasteiger partial charge in [-0.1, -0.05) is 32.0 Å². The number of hydrogen-bond acceptors (Lipinski definition) is 3. The number of carbonyl (C=O) groups excluding carboxylic acids is 1. The van der Waals surface area contributed by atoms with Crippen LogP contribution in [0.4, 0.5) is 5.69 Å². The van der Waals surface area contributed by atoms with Crippen LogP contribution in [0.5, 0.6) is 0 Å². The van der Waals surface area contributed by atoms with E-state index in [4.69, 9.17) is 0 Å². The van der Waals surface area contributed by atoms with Crippen molar-refractivity contribution in [3.8, 4) is 6.07 Å². The second-order valence-electron chi connectivity index (χ2n) is 4.96. The van der Waals surface area contributed by atoms with Crippen LogP contribution < -0.4 is 5.32 Å². The fraction of sp³-hybridized carbons (Fsp3) is 0.412. The van der Waals surface area contributed by atoms with Gasteiger partial charge < -0.3 is 10.2 Å². The van der Waals surface area contributed by atoms with Gasteiger partial charge in [0.2, 0.25) is 0 Å². The van der Waals surface area contributed by atoms with Gasteiger partial charge in [-0.05, 0) is 31.4 Å². The van der Waals surface area contributed by atoms with E-state index in [-0.39, 0.29) is 11.5 Å². The van der Waals surface area contributed by atoms with Crippen molar-refractivity contribution in [2.24, 2.45) is 0 Å². The van der Waals surface area contributed by atoms with Crippen molar-refractivity contribution in [1.82, 2.24) is 4.90 Å². The number of anilines is 1. The lowest BCUT2D eigenvalue weighted by Crippen LogP contribution is -2.23. The zero-order chi connectivity index (χ0) is 15.7. The minimum absolute atomic E-state index is 0.139. The Morgan fingerprint density at radius 1 is 1.29 bits per heavy atom. The molecule has 0 saturated heterocycles. The van der Waals surface area contributed by atoms with Gasteiger partial charge in [0.25, 0.3) is 5.91 Å². The maximum absolute atomic E-state index is 12.2. The number of hydrogen-bond donors (Lipinski definition) is 1. The first-order valence-electron chi connectivity index (χ1n) is 7.35. The minimum atomic E-state index is -0.357. The Morgan fingerprint density at radius 2 is 1.90 bits per heavy atom. The van der Waals surface area contributed by atoms with E-state index in [0.29, 0.717) is 0 Å². The molecule has 0 bridgehead atoms. The summed E-state index contributed by atoms with van der Waals surface area (Å²) in [6.07, 6.45) is 3.63. The molecular weight excluding hydrogens is 262 g/mol. The molecule has 0 atom stereocenters. The molecule has 1 amide bonds. The largest absolute Gasteiger partial charge is 0.376 e. The van der Waals surface area contributed by atoms with E-state index >= 15 is 0 Å². The highest BCUT2D eigenvalue weighted by molar-refractivity contribution is 6.06.